The van der Waals surface area contributed by atoms with Crippen molar-refractivity contribution in [2.45, 2.75) is 6.92 Å². The number of hydrogen-bond acceptors (Lipinski definition) is 3. The van der Waals surface area contributed by atoms with Crippen molar-refractivity contribution in [3.63, 3.8) is 0 Å². The number of H-pyrrole nitrogens is 1. The number of carbonyl (C=O) groups excluding carboxylic acids is 1. The molecule has 4 aromatic rings. The summed E-state index contributed by atoms with van der Waals surface area (Å²) >= 11 is 0. The first-order chi connectivity index (χ1) is 14.6. The molecule has 0 unspecified atom stereocenters. The molecule has 6 nitrogen and oxygen atoms in total. The molecule has 0 atom stereocenters. The Bertz CT molecular complexity index is 1200. The maximum atomic E-state index is 12.9. The van der Waals surface area contributed by atoms with Crippen LogP contribution in [0.1, 0.15) is 5.56 Å². The van der Waals surface area contributed by atoms with Crippen LogP contribution in [0, 0.1) is 6.92 Å². The number of rotatable bonds is 5. The van der Waals surface area contributed by atoms with Crippen molar-refractivity contribution in [3.05, 3.63) is 72.3 Å². The van der Waals surface area contributed by atoms with Crippen LogP contribution in [-0.4, -0.2) is 25.2 Å². The summed E-state index contributed by atoms with van der Waals surface area (Å²) in [7, 11) is 3.13. The molecule has 0 aliphatic carbocycles. The van der Waals surface area contributed by atoms with Gasteiger partial charge in [0.05, 0.1) is 31.3 Å². The molecule has 30 heavy (non-hydrogen) atoms. The largest absolute Gasteiger partial charge is 0.497 e. The van der Waals surface area contributed by atoms with E-state index in [1.165, 1.54) is 5.56 Å². The molecule has 0 bridgehead atoms. The molecular formula is C24H23N3O3. The lowest BCUT2D eigenvalue weighted by Crippen LogP contribution is -2.20. The zero-order chi connectivity index (χ0) is 21.1. The van der Waals surface area contributed by atoms with Gasteiger partial charge in [-0.05, 0) is 25.1 Å². The first-order valence-electron chi connectivity index (χ1n) is 9.57. The summed E-state index contributed by atoms with van der Waals surface area (Å²) in [5, 5.41) is 6.80. The van der Waals surface area contributed by atoms with E-state index in [0.717, 1.165) is 22.2 Å². The first-order valence-corrected chi connectivity index (χ1v) is 9.57. The van der Waals surface area contributed by atoms with E-state index in [2.05, 4.69) is 15.6 Å². The fourth-order valence-electron chi connectivity index (χ4n) is 3.39. The van der Waals surface area contributed by atoms with Gasteiger partial charge in [-0.15, -0.1) is 0 Å². The van der Waals surface area contributed by atoms with E-state index < -0.39 is 0 Å². The van der Waals surface area contributed by atoms with Crippen LogP contribution in [0.2, 0.25) is 0 Å². The van der Waals surface area contributed by atoms with E-state index >= 15 is 0 Å². The zero-order valence-corrected chi connectivity index (χ0v) is 17.1. The maximum Gasteiger partial charge on any atom is 0.323 e. The van der Waals surface area contributed by atoms with Crippen LogP contribution < -0.4 is 20.1 Å². The molecule has 3 aromatic carbocycles. The van der Waals surface area contributed by atoms with Crippen LogP contribution in [0.5, 0.6) is 11.5 Å². The molecule has 0 fully saturated rings. The van der Waals surface area contributed by atoms with Crippen molar-refractivity contribution in [2.24, 2.45) is 0 Å². The fraction of sp³-hybridized carbons (Fsp3) is 0.125. The molecule has 0 spiro atoms. The number of anilines is 2. The SMILES string of the molecule is COc1ccc(OC)c(NC(=O)Nc2c(-c3ccc(C)cc3)[nH]c3ccccc23)c1. The van der Waals surface area contributed by atoms with Gasteiger partial charge in [0.25, 0.3) is 0 Å². The minimum atomic E-state index is -0.375. The normalized spacial score (nSPS) is 10.6. The van der Waals surface area contributed by atoms with Gasteiger partial charge in [-0.1, -0.05) is 48.0 Å². The molecule has 0 saturated heterocycles. The van der Waals surface area contributed by atoms with Gasteiger partial charge in [-0.2, -0.15) is 0 Å². The smallest absolute Gasteiger partial charge is 0.323 e. The van der Waals surface area contributed by atoms with Gasteiger partial charge in [0.1, 0.15) is 11.5 Å². The average molecular weight is 401 g/mol. The van der Waals surface area contributed by atoms with Crippen molar-refractivity contribution in [1.29, 1.82) is 0 Å². The quantitative estimate of drug-likeness (QED) is 0.395. The van der Waals surface area contributed by atoms with Gasteiger partial charge in [-0.3, -0.25) is 0 Å². The number of ether oxygens (including phenoxy) is 2. The lowest BCUT2D eigenvalue weighted by atomic mass is 10.1. The summed E-state index contributed by atoms with van der Waals surface area (Å²) in [4.78, 5) is 16.3. The Balaban J connectivity index is 1.69. The van der Waals surface area contributed by atoms with Crippen LogP contribution in [0.3, 0.4) is 0 Å². The molecule has 3 N–H and O–H groups in total. The van der Waals surface area contributed by atoms with Crippen molar-refractivity contribution in [1.82, 2.24) is 4.98 Å². The minimum absolute atomic E-state index is 0.375. The molecular weight excluding hydrogens is 378 g/mol. The van der Waals surface area contributed by atoms with E-state index in [-0.39, 0.29) is 6.03 Å². The van der Waals surface area contributed by atoms with Gasteiger partial charge in [0, 0.05) is 22.5 Å². The molecule has 0 aliphatic rings. The Labute approximate surface area is 174 Å². The molecule has 1 heterocycles. The van der Waals surface area contributed by atoms with Crippen molar-refractivity contribution >= 4 is 28.3 Å². The number of methoxy groups -OCH3 is 2. The highest BCUT2D eigenvalue weighted by Crippen LogP contribution is 2.35. The van der Waals surface area contributed by atoms with Crippen molar-refractivity contribution in [3.8, 4) is 22.8 Å². The van der Waals surface area contributed by atoms with Crippen LogP contribution in [0.15, 0.2) is 66.7 Å². The fourth-order valence-corrected chi connectivity index (χ4v) is 3.39. The summed E-state index contributed by atoms with van der Waals surface area (Å²) in [5.41, 5.74) is 5.20. The summed E-state index contributed by atoms with van der Waals surface area (Å²) < 4.78 is 10.6. The van der Waals surface area contributed by atoms with E-state index in [1.54, 1.807) is 32.4 Å². The van der Waals surface area contributed by atoms with Crippen LogP contribution in [0.4, 0.5) is 16.2 Å². The van der Waals surface area contributed by atoms with Gasteiger partial charge in [-0.25, -0.2) is 4.79 Å². The third kappa shape index (κ3) is 3.80. The first kappa shape index (κ1) is 19.4. The lowest BCUT2D eigenvalue weighted by molar-refractivity contribution is 0.262. The number of benzene rings is 3. The Morgan fingerprint density at radius 3 is 2.40 bits per heavy atom. The molecule has 4 rings (SSSR count). The second-order valence-electron chi connectivity index (χ2n) is 6.93. The molecule has 2 amide bonds. The zero-order valence-electron chi connectivity index (χ0n) is 17.1. The van der Waals surface area contributed by atoms with Crippen LogP contribution >= 0.6 is 0 Å². The third-order valence-electron chi connectivity index (χ3n) is 4.94. The second kappa shape index (κ2) is 8.21. The Hall–Kier alpha value is -3.93. The molecule has 152 valence electrons. The Morgan fingerprint density at radius 2 is 1.67 bits per heavy atom. The van der Waals surface area contributed by atoms with Crippen LogP contribution in [0.25, 0.3) is 22.2 Å². The number of nitrogens with one attached hydrogen (secondary N) is 3. The number of amides is 2. The second-order valence-corrected chi connectivity index (χ2v) is 6.93. The molecule has 0 saturated carbocycles. The van der Waals surface area contributed by atoms with E-state index in [9.17, 15) is 4.79 Å². The topological polar surface area (TPSA) is 75.4 Å². The van der Waals surface area contributed by atoms with Gasteiger partial charge < -0.3 is 25.1 Å². The monoisotopic (exact) mass is 401 g/mol. The van der Waals surface area contributed by atoms with Crippen molar-refractivity contribution < 1.29 is 14.3 Å². The summed E-state index contributed by atoms with van der Waals surface area (Å²) in [6, 6.07) is 20.9. The number of aromatic amines is 1. The predicted octanol–water partition coefficient (Wildman–Crippen LogP) is 5.80. The van der Waals surface area contributed by atoms with Crippen molar-refractivity contribution in [2.75, 3.05) is 24.9 Å². The van der Waals surface area contributed by atoms with Crippen LogP contribution in [-0.2, 0) is 0 Å². The van der Waals surface area contributed by atoms with E-state index in [4.69, 9.17) is 9.47 Å². The number of hydrogen-bond donors (Lipinski definition) is 3. The lowest BCUT2D eigenvalue weighted by Gasteiger charge is -2.13. The molecule has 0 aliphatic heterocycles. The Morgan fingerprint density at radius 1 is 0.900 bits per heavy atom. The maximum absolute atomic E-state index is 12.9. The Kier molecular flexibility index (Phi) is 5.30. The molecule has 6 heteroatoms. The predicted molar refractivity (Wildman–Crippen MR) is 121 cm³/mol. The van der Waals surface area contributed by atoms with E-state index in [0.29, 0.717) is 22.9 Å². The van der Waals surface area contributed by atoms with Gasteiger partial charge in [0.15, 0.2) is 0 Å². The highest BCUT2D eigenvalue weighted by Gasteiger charge is 2.16. The summed E-state index contributed by atoms with van der Waals surface area (Å²) in [6.07, 6.45) is 0. The summed E-state index contributed by atoms with van der Waals surface area (Å²) in [5.74, 6) is 1.17. The number of urea groups is 1. The summed E-state index contributed by atoms with van der Waals surface area (Å²) in [6.45, 7) is 2.04. The van der Waals surface area contributed by atoms with Gasteiger partial charge >= 0.3 is 6.03 Å². The highest BCUT2D eigenvalue weighted by atomic mass is 16.5. The average Bonchev–Trinajstić information content (AvgIpc) is 3.12. The number of aromatic nitrogens is 1. The van der Waals surface area contributed by atoms with E-state index in [1.807, 2.05) is 55.5 Å². The minimum Gasteiger partial charge on any atom is -0.497 e. The molecule has 0 radical (unpaired) electrons. The number of carbonyl (C=O) groups is 1. The number of para-hydroxylation sites is 1. The molecule has 1 aromatic heterocycles. The van der Waals surface area contributed by atoms with Gasteiger partial charge in [0.2, 0.25) is 0 Å². The number of fused-ring (bicyclic) bond motifs is 1. The standard InChI is InChI=1S/C24H23N3O3/c1-15-8-10-16(11-9-15)22-23(18-6-4-5-7-19(18)25-22)27-24(28)26-20-14-17(29-2)12-13-21(20)30-3/h4-14,25H,1-3H3,(H2,26,27,28). The third-order valence-corrected chi connectivity index (χ3v) is 4.94. The highest BCUT2D eigenvalue weighted by molar-refractivity contribution is 6.11. The number of aryl methyl sites for hydroxylation is 1.